The number of benzene rings is 1. The first-order chi connectivity index (χ1) is 10.2. The number of hydrogen-bond acceptors (Lipinski definition) is 4. The molecule has 1 aliphatic heterocycles. The number of nitrogens with two attached hydrogens (primary N) is 1. The predicted molar refractivity (Wildman–Crippen MR) is 87.6 cm³/mol. The number of halogens is 1. The lowest BCUT2D eigenvalue weighted by molar-refractivity contribution is 0.249. The molecule has 0 saturated carbocycles. The Morgan fingerprint density at radius 1 is 1.00 bits per heavy atom. The van der Waals surface area contributed by atoms with Crippen molar-refractivity contribution in [2.24, 2.45) is 0 Å². The Bertz CT molecular complexity index is 574. The van der Waals surface area contributed by atoms with Crippen LogP contribution in [0.4, 0.5) is 11.5 Å². The van der Waals surface area contributed by atoms with E-state index in [-0.39, 0.29) is 0 Å². The molecule has 1 aromatic carbocycles. The van der Waals surface area contributed by atoms with Gasteiger partial charge in [0.1, 0.15) is 5.82 Å². The summed E-state index contributed by atoms with van der Waals surface area (Å²) in [6.45, 7) is 5.09. The highest BCUT2D eigenvalue weighted by molar-refractivity contribution is 6.30. The first kappa shape index (κ1) is 14.2. The molecule has 2 heterocycles. The van der Waals surface area contributed by atoms with Crippen molar-refractivity contribution < 1.29 is 0 Å². The van der Waals surface area contributed by atoms with Crippen LogP contribution in [0.1, 0.15) is 5.56 Å². The smallest absolute Gasteiger partial charge is 0.123 e. The van der Waals surface area contributed by atoms with Crippen LogP contribution in [0.3, 0.4) is 0 Å². The van der Waals surface area contributed by atoms with E-state index in [0.29, 0.717) is 5.82 Å². The molecule has 0 aliphatic carbocycles. The van der Waals surface area contributed by atoms with E-state index in [2.05, 4.69) is 26.9 Å². The van der Waals surface area contributed by atoms with E-state index in [1.165, 1.54) is 11.3 Å². The molecule has 3 rings (SSSR count). The van der Waals surface area contributed by atoms with Crippen molar-refractivity contribution in [1.29, 1.82) is 0 Å². The Morgan fingerprint density at radius 3 is 2.33 bits per heavy atom. The number of anilines is 2. The van der Waals surface area contributed by atoms with E-state index < -0.39 is 0 Å². The highest BCUT2D eigenvalue weighted by Crippen LogP contribution is 2.20. The molecule has 1 aromatic heterocycles. The van der Waals surface area contributed by atoms with Crippen molar-refractivity contribution in [2.45, 2.75) is 6.54 Å². The zero-order valence-corrected chi connectivity index (χ0v) is 12.6. The monoisotopic (exact) mass is 302 g/mol. The lowest BCUT2D eigenvalue weighted by Crippen LogP contribution is -2.45. The zero-order valence-electron chi connectivity index (χ0n) is 11.9. The number of pyridine rings is 1. The number of piperazine rings is 1. The van der Waals surface area contributed by atoms with Crippen LogP contribution in [-0.4, -0.2) is 36.1 Å². The summed E-state index contributed by atoms with van der Waals surface area (Å²) in [4.78, 5) is 8.98. The Morgan fingerprint density at radius 2 is 1.71 bits per heavy atom. The topological polar surface area (TPSA) is 45.4 Å². The van der Waals surface area contributed by atoms with Gasteiger partial charge in [-0.15, -0.1) is 0 Å². The summed E-state index contributed by atoms with van der Waals surface area (Å²) in [7, 11) is 0. The summed E-state index contributed by atoms with van der Waals surface area (Å²) < 4.78 is 0. The fourth-order valence-corrected chi connectivity index (χ4v) is 2.73. The maximum Gasteiger partial charge on any atom is 0.123 e. The van der Waals surface area contributed by atoms with Gasteiger partial charge in [-0.1, -0.05) is 17.7 Å². The summed E-state index contributed by atoms with van der Waals surface area (Å²) in [5.74, 6) is 0.575. The summed E-state index contributed by atoms with van der Waals surface area (Å²) in [5.41, 5.74) is 8.07. The lowest BCUT2D eigenvalue weighted by atomic mass is 10.2. The van der Waals surface area contributed by atoms with Gasteiger partial charge < -0.3 is 10.6 Å². The molecule has 0 radical (unpaired) electrons. The Kier molecular flexibility index (Phi) is 4.27. The second-order valence-electron chi connectivity index (χ2n) is 5.33. The van der Waals surface area contributed by atoms with Gasteiger partial charge in [-0.3, -0.25) is 4.90 Å². The molecule has 2 N–H and O–H groups in total. The number of nitrogen functional groups attached to an aromatic ring is 1. The van der Waals surface area contributed by atoms with E-state index in [1.807, 2.05) is 30.5 Å². The van der Waals surface area contributed by atoms with Gasteiger partial charge >= 0.3 is 0 Å². The molecule has 0 atom stereocenters. The fourth-order valence-electron chi connectivity index (χ4n) is 2.60. The van der Waals surface area contributed by atoms with Gasteiger partial charge in [0.25, 0.3) is 0 Å². The van der Waals surface area contributed by atoms with Gasteiger partial charge in [-0.05, 0) is 35.9 Å². The predicted octanol–water partition coefficient (Wildman–Crippen LogP) is 2.64. The third-order valence-electron chi connectivity index (χ3n) is 3.82. The summed E-state index contributed by atoms with van der Waals surface area (Å²) in [5, 5.41) is 0.785. The van der Waals surface area contributed by atoms with Crippen molar-refractivity contribution in [3.05, 3.63) is 53.2 Å². The Balaban J connectivity index is 1.55. The molecule has 110 valence electrons. The molecular weight excluding hydrogens is 284 g/mol. The van der Waals surface area contributed by atoms with Gasteiger partial charge in [0.15, 0.2) is 0 Å². The van der Waals surface area contributed by atoms with Crippen molar-refractivity contribution in [1.82, 2.24) is 9.88 Å². The minimum absolute atomic E-state index is 0.575. The van der Waals surface area contributed by atoms with Gasteiger partial charge in [-0.25, -0.2) is 4.98 Å². The van der Waals surface area contributed by atoms with Crippen LogP contribution < -0.4 is 10.6 Å². The van der Waals surface area contributed by atoms with Crippen LogP contribution in [0, 0.1) is 0 Å². The highest BCUT2D eigenvalue weighted by Gasteiger charge is 2.17. The van der Waals surface area contributed by atoms with Crippen molar-refractivity contribution in [3.8, 4) is 0 Å². The third-order valence-corrected chi connectivity index (χ3v) is 4.07. The van der Waals surface area contributed by atoms with Gasteiger partial charge in [0.05, 0.1) is 0 Å². The summed E-state index contributed by atoms with van der Waals surface area (Å²) >= 11 is 5.93. The zero-order chi connectivity index (χ0) is 14.7. The minimum Gasteiger partial charge on any atom is -0.384 e. The number of aromatic nitrogens is 1. The molecule has 0 amide bonds. The van der Waals surface area contributed by atoms with Crippen LogP contribution in [0.5, 0.6) is 0 Å². The Hall–Kier alpha value is -1.78. The molecule has 4 nitrogen and oxygen atoms in total. The van der Waals surface area contributed by atoms with Crippen LogP contribution in [-0.2, 0) is 6.54 Å². The number of rotatable bonds is 3. The van der Waals surface area contributed by atoms with Crippen molar-refractivity contribution in [2.75, 3.05) is 36.8 Å². The van der Waals surface area contributed by atoms with Gasteiger partial charge in [0.2, 0.25) is 0 Å². The van der Waals surface area contributed by atoms with E-state index >= 15 is 0 Å². The molecule has 21 heavy (non-hydrogen) atoms. The highest BCUT2D eigenvalue weighted by atomic mass is 35.5. The molecule has 0 unspecified atom stereocenters. The summed E-state index contributed by atoms with van der Waals surface area (Å²) in [6.07, 6.45) is 1.86. The standard InChI is InChI=1S/C16H19ClN4/c17-14-2-4-15(5-3-14)21-9-7-20(8-10-21)12-13-1-6-16(18)19-11-13/h1-6,11H,7-10,12H2,(H2,18,19). The minimum atomic E-state index is 0.575. The molecule has 1 saturated heterocycles. The van der Waals surface area contributed by atoms with E-state index in [0.717, 1.165) is 37.7 Å². The van der Waals surface area contributed by atoms with Gasteiger partial charge in [-0.2, -0.15) is 0 Å². The largest absolute Gasteiger partial charge is 0.384 e. The molecular formula is C16H19ClN4. The van der Waals surface area contributed by atoms with Crippen molar-refractivity contribution in [3.63, 3.8) is 0 Å². The quantitative estimate of drug-likeness (QED) is 0.947. The number of hydrogen-bond donors (Lipinski definition) is 1. The molecule has 1 fully saturated rings. The first-order valence-electron chi connectivity index (χ1n) is 7.14. The van der Waals surface area contributed by atoms with Crippen LogP contribution in [0.25, 0.3) is 0 Å². The molecule has 5 heteroatoms. The molecule has 0 bridgehead atoms. The first-order valence-corrected chi connectivity index (χ1v) is 7.52. The second kappa shape index (κ2) is 6.33. The second-order valence-corrected chi connectivity index (χ2v) is 5.77. The Labute approximate surface area is 130 Å². The SMILES string of the molecule is Nc1ccc(CN2CCN(c3ccc(Cl)cc3)CC2)cn1. The van der Waals surface area contributed by atoms with Crippen LogP contribution in [0.2, 0.25) is 5.02 Å². The maximum atomic E-state index is 5.93. The van der Waals surface area contributed by atoms with E-state index in [9.17, 15) is 0 Å². The van der Waals surface area contributed by atoms with Crippen molar-refractivity contribution >= 4 is 23.1 Å². The fraction of sp³-hybridized carbons (Fsp3) is 0.312. The normalized spacial score (nSPS) is 16.1. The number of nitrogens with zero attached hydrogens (tertiary/aromatic N) is 3. The lowest BCUT2D eigenvalue weighted by Gasteiger charge is -2.36. The average molecular weight is 303 g/mol. The molecule has 2 aromatic rings. The molecule has 1 aliphatic rings. The third kappa shape index (κ3) is 3.65. The van der Waals surface area contributed by atoms with E-state index in [4.69, 9.17) is 17.3 Å². The summed E-state index contributed by atoms with van der Waals surface area (Å²) in [6, 6.07) is 12.0. The maximum absolute atomic E-state index is 5.93. The van der Waals surface area contributed by atoms with E-state index in [1.54, 1.807) is 0 Å². The molecule has 0 spiro atoms. The van der Waals surface area contributed by atoms with Gasteiger partial charge in [0, 0.05) is 49.6 Å². The average Bonchev–Trinajstić information content (AvgIpc) is 2.51. The van der Waals surface area contributed by atoms with Crippen LogP contribution >= 0.6 is 11.6 Å². The van der Waals surface area contributed by atoms with Crippen LogP contribution in [0.15, 0.2) is 42.6 Å².